The van der Waals surface area contributed by atoms with E-state index in [-0.39, 0.29) is 10.9 Å². The van der Waals surface area contributed by atoms with Crippen LogP contribution in [0.2, 0.25) is 10.0 Å². The molecule has 5 nitrogen and oxygen atoms in total. The van der Waals surface area contributed by atoms with E-state index in [1.165, 1.54) is 17.0 Å². The van der Waals surface area contributed by atoms with Crippen LogP contribution in [0, 0.1) is 0 Å². The molecule has 2 rings (SSSR count). The first-order chi connectivity index (χ1) is 8.40. The van der Waals surface area contributed by atoms with E-state index in [0.29, 0.717) is 15.6 Å². The van der Waals surface area contributed by atoms with Gasteiger partial charge in [0.15, 0.2) is 0 Å². The molecule has 0 aliphatic heterocycles. The lowest BCUT2D eigenvalue weighted by Gasteiger charge is -2.05. The molecule has 0 atom stereocenters. The fraction of sp³-hybridized carbons (Fsp3) is 0.200. The summed E-state index contributed by atoms with van der Waals surface area (Å²) in [5.74, 6) is -0.241. The second-order valence-electron chi connectivity index (χ2n) is 3.72. The van der Waals surface area contributed by atoms with Crippen LogP contribution < -0.4 is 0 Å². The zero-order valence-electron chi connectivity index (χ0n) is 9.34. The van der Waals surface area contributed by atoms with Gasteiger partial charge in [0.2, 0.25) is 15.0 Å². The van der Waals surface area contributed by atoms with Crippen molar-refractivity contribution in [3.63, 3.8) is 0 Å². The molecule has 1 aromatic carbocycles. The summed E-state index contributed by atoms with van der Waals surface area (Å²) >= 11 is 11.7. The maximum Gasteiger partial charge on any atom is 0.249 e. The van der Waals surface area contributed by atoms with Gasteiger partial charge in [-0.25, -0.2) is 8.42 Å². The Morgan fingerprint density at radius 1 is 1.33 bits per heavy atom. The van der Waals surface area contributed by atoms with Crippen molar-refractivity contribution < 1.29 is 8.42 Å². The van der Waals surface area contributed by atoms with Gasteiger partial charge in [0.05, 0.1) is 5.75 Å². The van der Waals surface area contributed by atoms with Crippen LogP contribution in [0.4, 0.5) is 0 Å². The topological polar surface area (TPSA) is 64.8 Å². The molecule has 0 fully saturated rings. The van der Waals surface area contributed by atoms with Crippen LogP contribution in [0.5, 0.6) is 0 Å². The third-order valence-corrected chi connectivity index (χ3v) is 4.51. The maximum atomic E-state index is 12.1. The zero-order valence-corrected chi connectivity index (χ0v) is 11.7. The summed E-state index contributed by atoms with van der Waals surface area (Å²) in [5, 5.41) is 7.81. The lowest BCUT2D eigenvalue weighted by atomic mass is 10.2. The van der Waals surface area contributed by atoms with Gasteiger partial charge in [-0.05, 0) is 17.7 Å². The van der Waals surface area contributed by atoms with E-state index in [9.17, 15) is 8.42 Å². The van der Waals surface area contributed by atoms with Crippen LogP contribution in [-0.4, -0.2) is 23.2 Å². The Hall–Kier alpha value is -1.11. The summed E-state index contributed by atoms with van der Waals surface area (Å²) in [6.07, 6.45) is 1.33. The number of hydrogen-bond acceptors (Lipinski definition) is 4. The smallest absolute Gasteiger partial charge is 0.249 e. The van der Waals surface area contributed by atoms with E-state index in [1.54, 1.807) is 19.2 Å². The minimum absolute atomic E-state index is 0.0893. The molecular weight excluding hydrogens is 297 g/mol. The molecule has 96 valence electrons. The molecular formula is C10H9Cl2N3O2S. The maximum absolute atomic E-state index is 12.1. The minimum atomic E-state index is -3.57. The molecule has 0 unspecified atom stereocenters. The molecule has 0 spiro atoms. The van der Waals surface area contributed by atoms with Gasteiger partial charge in [-0.1, -0.05) is 29.3 Å². The fourth-order valence-corrected chi connectivity index (χ4v) is 3.46. The lowest BCUT2D eigenvalue weighted by molar-refractivity contribution is 0.577. The van der Waals surface area contributed by atoms with Gasteiger partial charge < -0.3 is 4.57 Å². The Morgan fingerprint density at radius 2 is 2.06 bits per heavy atom. The Balaban J connectivity index is 2.37. The zero-order chi connectivity index (χ0) is 13.3. The van der Waals surface area contributed by atoms with Gasteiger partial charge in [0.1, 0.15) is 6.33 Å². The third-order valence-electron chi connectivity index (χ3n) is 2.31. The highest BCUT2D eigenvalue weighted by molar-refractivity contribution is 7.90. The number of benzene rings is 1. The predicted octanol–water partition coefficient (Wildman–Crippen LogP) is 2.10. The quantitative estimate of drug-likeness (QED) is 0.871. The van der Waals surface area contributed by atoms with E-state index in [0.717, 1.165) is 0 Å². The molecule has 0 aliphatic carbocycles. The molecule has 0 saturated carbocycles. The average Bonchev–Trinajstić information content (AvgIpc) is 2.69. The van der Waals surface area contributed by atoms with Crippen molar-refractivity contribution in [3.05, 3.63) is 40.1 Å². The molecule has 0 saturated heterocycles. The molecule has 8 heteroatoms. The summed E-state index contributed by atoms with van der Waals surface area (Å²) in [6, 6.07) is 4.68. The summed E-state index contributed by atoms with van der Waals surface area (Å²) in [5.41, 5.74) is 0.476. The second kappa shape index (κ2) is 4.87. The van der Waals surface area contributed by atoms with Gasteiger partial charge in [0, 0.05) is 17.1 Å². The Kier molecular flexibility index (Phi) is 3.61. The van der Waals surface area contributed by atoms with Crippen LogP contribution in [0.15, 0.2) is 29.7 Å². The van der Waals surface area contributed by atoms with E-state index < -0.39 is 9.84 Å². The first kappa shape index (κ1) is 13.3. The van der Waals surface area contributed by atoms with Gasteiger partial charge in [-0.15, -0.1) is 10.2 Å². The largest absolute Gasteiger partial charge is 0.308 e. The molecule has 2 aromatic rings. The van der Waals surface area contributed by atoms with Crippen molar-refractivity contribution in [1.82, 2.24) is 14.8 Å². The van der Waals surface area contributed by atoms with E-state index >= 15 is 0 Å². The van der Waals surface area contributed by atoms with Crippen LogP contribution >= 0.6 is 23.2 Å². The van der Waals surface area contributed by atoms with Gasteiger partial charge >= 0.3 is 0 Å². The SMILES string of the molecule is Cn1cnnc1S(=O)(=O)Cc1ccc(Cl)cc1Cl. The Bertz CT molecular complexity index is 682. The molecule has 0 bridgehead atoms. The number of halogens is 2. The fourth-order valence-electron chi connectivity index (χ4n) is 1.46. The van der Waals surface area contributed by atoms with Crippen molar-refractivity contribution in [2.45, 2.75) is 10.9 Å². The molecule has 0 aliphatic rings. The molecule has 0 N–H and O–H groups in total. The summed E-state index contributed by atoms with van der Waals surface area (Å²) in [4.78, 5) is 0. The molecule has 18 heavy (non-hydrogen) atoms. The van der Waals surface area contributed by atoms with Gasteiger partial charge in [-0.3, -0.25) is 0 Å². The van der Waals surface area contributed by atoms with E-state index in [1.807, 2.05) is 0 Å². The van der Waals surface area contributed by atoms with Crippen molar-refractivity contribution in [1.29, 1.82) is 0 Å². The predicted molar refractivity (Wildman–Crippen MR) is 68.4 cm³/mol. The summed E-state index contributed by atoms with van der Waals surface area (Å²) < 4.78 is 25.6. The average molecular weight is 306 g/mol. The number of rotatable bonds is 3. The number of aromatic nitrogens is 3. The van der Waals surface area contributed by atoms with E-state index in [4.69, 9.17) is 23.2 Å². The summed E-state index contributed by atoms with van der Waals surface area (Å²) in [6.45, 7) is 0. The monoisotopic (exact) mass is 305 g/mol. The lowest BCUT2D eigenvalue weighted by Crippen LogP contribution is -2.11. The van der Waals surface area contributed by atoms with Crippen LogP contribution in [0.1, 0.15) is 5.56 Å². The number of sulfone groups is 1. The van der Waals surface area contributed by atoms with Crippen molar-refractivity contribution >= 4 is 33.0 Å². The highest BCUT2D eigenvalue weighted by Crippen LogP contribution is 2.24. The Labute approximate surface area is 114 Å². The standard InChI is InChI=1S/C10H9Cl2N3O2S/c1-15-6-13-14-10(15)18(16,17)5-7-2-3-8(11)4-9(7)12/h2-4,6H,5H2,1H3. The first-order valence-corrected chi connectivity index (χ1v) is 7.31. The van der Waals surface area contributed by atoms with E-state index in [2.05, 4.69) is 10.2 Å². The van der Waals surface area contributed by atoms with Crippen LogP contribution in [-0.2, 0) is 22.6 Å². The number of aryl methyl sites for hydroxylation is 1. The van der Waals surface area contributed by atoms with Crippen molar-refractivity contribution in [2.24, 2.45) is 7.05 Å². The molecule has 1 heterocycles. The normalized spacial score (nSPS) is 11.7. The van der Waals surface area contributed by atoms with Gasteiger partial charge in [0.25, 0.3) is 0 Å². The minimum Gasteiger partial charge on any atom is -0.308 e. The van der Waals surface area contributed by atoms with Crippen molar-refractivity contribution in [3.8, 4) is 0 Å². The third kappa shape index (κ3) is 2.66. The second-order valence-corrected chi connectivity index (χ2v) is 6.45. The van der Waals surface area contributed by atoms with Crippen LogP contribution in [0.25, 0.3) is 0 Å². The first-order valence-electron chi connectivity index (χ1n) is 4.91. The highest BCUT2D eigenvalue weighted by atomic mass is 35.5. The summed E-state index contributed by atoms with van der Waals surface area (Å²) in [7, 11) is -2.01. The molecule has 0 radical (unpaired) electrons. The van der Waals surface area contributed by atoms with Gasteiger partial charge in [-0.2, -0.15) is 0 Å². The molecule has 1 aromatic heterocycles. The number of nitrogens with zero attached hydrogens (tertiary/aromatic N) is 3. The molecule has 0 amide bonds. The van der Waals surface area contributed by atoms with Crippen molar-refractivity contribution in [2.75, 3.05) is 0 Å². The van der Waals surface area contributed by atoms with Crippen LogP contribution in [0.3, 0.4) is 0 Å². The highest BCUT2D eigenvalue weighted by Gasteiger charge is 2.22. The Morgan fingerprint density at radius 3 is 2.61 bits per heavy atom. The number of hydrogen-bond donors (Lipinski definition) is 0.